The summed E-state index contributed by atoms with van der Waals surface area (Å²) in [6, 6.07) is 11.4. The van der Waals surface area contributed by atoms with Crippen LogP contribution in [0.1, 0.15) is 31.5 Å². The Hall–Kier alpha value is -2.43. The third-order valence-electron chi connectivity index (χ3n) is 2.88. The van der Waals surface area contributed by atoms with E-state index in [4.69, 9.17) is 0 Å². The van der Waals surface area contributed by atoms with Crippen molar-refractivity contribution < 1.29 is 0 Å². The first kappa shape index (κ1) is 15.0. The fraction of sp³-hybridized carbons (Fsp3) is 0.312. The number of rotatable bonds is 5. The molecule has 21 heavy (non-hydrogen) atoms. The molecule has 110 valence electrons. The van der Waals surface area contributed by atoms with Crippen LogP contribution in [0.3, 0.4) is 0 Å². The maximum atomic E-state index is 11.4. The first-order chi connectivity index (χ1) is 10.0. The van der Waals surface area contributed by atoms with Gasteiger partial charge in [-0.3, -0.25) is 9.78 Å². The average Bonchev–Trinajstić information content (AvgIpc) is 2.43. The van der Waals surface area contributed by atoms with Gasteiger partial charge in [0.05, 0.1) is 5.71 Å². The zero-order valence-electron chi connectivity index (χ0n) is 12.6. The molecule has 2 aromatic rings. The molecule has 0 amide bonds. The van der Waals surface area contributed by atoms with E-state index in [1.54, 1.807) is 6.92 Å². The molecule has 0 bridgehead atoms. The molecular weight excluding hydrogens is 264 g/mol. The van der Waals surface area contributed by atoms with E-state index in [-0.39, 0.29) is 5.56 Å². The van der Waals surface area contributed by atoms with Gasteiger partial charge in [0.15, 0.2) is 0 Å². The lowest BCUT2D eigenvalue weighted by Crippen LogP contribution is -2.13. The SMILES string of the molecule is Cc1cc(=O)[nH]c(N/N=C(/CC(C)C)c2ccccc2)n1. The highest BCUT2D eigenvalue weighted by Crippen LogP contribution is 2.11. The van der Waals surface area contributed by atoms with Gasteiger partial charge in [-0.05, 0) is 24.8 Å². The lowest BCUT2D eigenvalue weighted by molar-refractivity contribution is 0.683. The summed E-state index contributed by atoms with van der Waals surface area (Å²) >= 11 is 0. The number of aromatic nitrogens is 2. The van der Waals surface area contributed by atoms with Crippen molar-refractivity contribution in [3.8, 4) is 0 Å². The summed E-state index contributed by atoms with van der Waals surface area (Å²) < 4.78 is 0. The second-order valence-corrected chi connectivity index (χ2v) is 5.37. The molecule has 0 atom stereocenters. The van der Waals surface area contributed by atoms with E-state index in [1.165, 1.54) is 6.07 Å². The van der Waals surface area contributed by atoms with Gasteiger partial charge >= 0.3 is 0 Å². The first-order valence-electron chi connectivity index (χ1n) is 7.00. The molecule has 5 heteroatoms. The molecule has 2 N–H and O–H groups in total. The van der Waals surface area contributed by atoms with Crippen LogP contribution < -0.4 is 11.0 Å². The van der Waals surface area contributed by atoms with E-state index in [9.17, 15) is 4.79 Å². The van der Waals surface area contributed by atoms with E-state index < -0.39 is 0 Å². The normalized spacial score (nSPS) is 11.7. The molecule has 0 aliphatic rings. The van der Waals surface area contributed by atoms with Crippen LogP contribution in [0.25, 0.3) is 0 Å². The van der Waals surface area contributed by atoms with Crippen molar-refractivity contribution in [2.75, 3.05) is 5.43 Å². The molecule has 0 radical (unpaired) electrons. The predicted molar refractivity (Wildman–Crippen MR) is 85.7 cm³/mol. The Morgan fingerprint density at radius 1 is 1.33 bits per heavy atom. The average molecular weight is 284 g/mol. The van der Waals surface area contributed by atoms with Crippen molar-refractivity contribution in [2.24, 2.45) is 11.0 Å². The van der Waals surface area contributed by atoms with Gasteiger partial charge in [0.25, 0.3) is 5.56 Å². The van der Waals surface area contributed by atoms with Gasteiger partial charge in [0.1, 0.15) is 0 Å². The van der Waals surface area contributed by atoms with Crippen LogP contribution in [-0.4, -0.2) is 15.7 Å². The number of anilines is 1. The van der Waals surface area contributed by atoms with Gasteiger partial charge in [0.2, 0.25) is 5.95 Å². The zero-order chi connectivity index (χ0) is 15.2. The molecule has 0 saturated carbocycles. The molecule has 0 spiro atoms. The van der Waals surface area contributed by atoms with Gasteiger partial charge in [-0.25, -0.2) is 10.4 Å². The van der Waals surface area contributed by atoms with Gasteiger partial charge in [0, 0.05) is 11.8 Å². The van der Waals surface area contributed by atoms with Crippen molar-refractivity contribution in [3.63, 3.8) is 0 Å². The lowest BCUT2D eigenvalue weighted by atomic mass is 10.0. The molecule has 0 fully saturated rings. The summed E-state index contributed by atoms with van der Waals surface area (Å²) in [6.07, 6.45) is 0.840. The summed E-state index contributed by atoms with van der Waals surface area (Å²) in [5, 5.41) is 4.42. The Labute approximate surface area is 124 Å². The quantitative estimate of drug-likeness (QED) is 0.655. The van der Waals surface area contributed by atoms with Crippen LogP contribution in [0.2, 0.25) is 0 Å². The number of benzene rings is 1. The Balaban J connectivity index is 2.26. The largest absolute Gasteiger partial charge is 0.291 e. The van der Waals surface area contributed by atoms with Crippen LogP contribution >= 0.6 is 0 Å². The maximum absolute atomic E-state index is 11.4. The number of nitrogens with one attached hydrogen (secondary N) is 2. The van der Waals surface area contributed by atoms with Crippen molar-refractivity contribution in [1.29, 1.82) is 0 Å². The van der Waals surface area contributed by atoms with Crippen molar-refractivity contribution >= 4 is 11.7 Å². The summed E-state index contributed by atoms with van der Waals surface area (Å²) in [5.74, 6) is 0.840. The summed E-state index contributed by atoms with van der Waals surface area (Å²) in [4.78, 5) is 18.2. The zero-order valence-corrected chi connectivity index (χ0v) is 12.6. The third-order valence-corrected chi connectivity index (χ3v) is 2.88. The Morgan fingerprint density at radius 3 is 2.67 bits per heavy atom. The fourth-order valence-corrected chi connectivity index (χ4v) is 2.00. The molecular formula is C16H20N4O. The third kappa shape index (κ3) is 4.56. The number of aromatic amines is 1. The molecule has 0 aliphatic carbocycles. The molecule has 1 heterocycles. The van der Waals surface area contributed by atoms with Crippen LogP contribution in [0.4, 0.5) is 5.95 Å². The Morgan fingerprint density at radius 2 is 2.05 bits per heavy atom. The van der Waals surface area contributed by atoms with Crippen LogP contribution in [0.15, 0.2) is 46.3 Å². The van der Waals surface area contributed by atoms with E-state index >= 15 is 0 Å². The topological polar surface area (TPSA) is 70.1 Å². The van der Waals surface area contributed by atoms with Crippen LogP contribution in [-0.2, 0) is 0 Å². The molecule has 0 unspecified atom stereocenters. The minimum absolute atomic E-state index is 0.190. The van der Waals surface area contributed by atoms with Gasteiger partial charge < -0.3 is 0 Å². The number of hydrogen-bond acceptors (Lipinski definition) is 4. The minimum atomic E-state index is -0.190. The van der Waals surface area contributed by atoms with Gasteiger partial charge in [-0.2, -0.15) is 5.10 Å². The van der Waals surface area contributed by atoms with Gasteiger partial charge in [-0.15, -0.1) is 0 Å². The van der Waals surface area contributed by atoms with E-state index in [2.05, 4.69) is 34.3 Å². The number of H-pyrrole nitrogens is 1. The van der Waals surface area contributed by atoms with E-state index in [0.29, 0.717) is 17.6 Å². The second-order valence-electron chi connectivity index (χ2n) is 5.37. The maximum Gasteiger partial charge on any atom is 0.252 e. The van der Waals surface area contributed by atoms with Crippen molar-refractivity contribution in [3.05, 3.63) is 58.0 Å². The number of aryl methyl sites for hydroxylation is 1. The van der Waals surface area contributed by atoms with Crippen LogP contribution in [0.5, 0.6) is 0 Å². The van der Waals surface area contributed by atoms with E-state index in [0.717, 1.165) is 17.7 Å². The number of nitrogens with zero attached hydrogens (tertiary/aromatic N) is 2. The smallest absolute Gasteiger partial charge is 0.252 e. The molecule has 0 saturated heterocycles. The summed E-state index contributed by atoms with van der Waals surface area (Å²) in [7, 11) is 0. The summed E-state index contributed by atoms with van der Waals surface area (Å²) in [6.45, 7) is 6.06. The highest BCUT2D eigenvalue weighted by atomic mass is 16.1. The highest BCUT2D eigenvalue weighted by Gasteiger charge is 2.06. The minimum Gasteiger partial charge on any atom is -0.291 e. The molecule has 1 aromatic heterocycles. The monoisotopic (exact) mass is 284 g/mol. The van der Waals surface area contributed by atoms with Gasteiger partial charge in [-0.1, -0.05) is 44.2 Å². The van der Waals surface area contributed by atoms with Crippen LogP contribution in [0, 0.1) is 12.8 Å². The molecule has 0 aliphatic heterocycles. The number of hydrazone groups is 1. The van der Waals surface area contributed by atoms with Crippen molar-refractivity contribution in [2.45, 2.75) is 27.2 Å². The predicted octanol–water partition coefficient (Wildman–Crippen LogP) is 2.94. The number of hydrogen-bond donors (Lipinski definition) is 2. The Bertz CT molecular complexity index is 674. The standard InChI is InChI=1S/C16H20N4O/c1-11(2)9-14(13-7-5-4-6-8-13)19-20-16-17-12(3)10-15(21)18-16/h4-8,10-11H,9H2,1-3H3,(H2,17,18,20,21)/b19-14-. The molecule has 2 rings (SSSR count). The van der Waals surface area contributed by atoms with E-state index in [1.807, 2.05) is 30.3 Å². The lowest BCUT2D eigenvalue weighted by Gasteiger charge is -2.10. The van der Waals surface area contributed by atoms with Crippen molar-refractivity contribution in [1.82, 2.24) is 9.97 Å². The second kappa shape index (κ2) is 6.83. The molecule has 5 nitrogen and oxygen atoms in total. The molecule has 1 aromatic carbocycles. The first-order valence-corrected chi connectivity index (χ1v) is 7.00. The highest BCUT2D eigenvalue weighted by molar-refractivity contribution is 6.00. The summed E-state index contributed by atoms with van der Waals surface area (Å²) in [5.41, 5.74) is 5.32. The Kier molecular flexibility index (Phi) is 4.87. The fourth-order valence-electron chi connectivity index (χ4n) is 2.00.